The summed E-state index contributed by atoms with van der Waals surface area (Å²) in [5.41, 5.74) is 0.814. The Hall–Kier alpha value is -2.52. The monoisotopic (exact) mass is 381 g/mol. The summed E-state index contributed by atoms with van der Waals surface area (Å²) < 4.78 is 37.5. The highest BCUT2D eigenvalue weighted by Crippen LogP contribution is 2.29. The largest absolute Gasteiger partial charge is 0.463 e. The van der Waals surface area contributed by atoms with E-state index in [1.807, 2.05) is 4.90 Å². The predicted octanol–water partition coefficient (Wildman–Crippen LogP) is 1.47. The molecule has 1 saturated heterocycles. The van der Waals surface area contributed by atoms with Crippen molar-refractivity contribution in [3.8, 4) is 0 Å². The van der Waals surface area contributed by atoms with Crippen molar-refractivity contribution in [1.29, 1.82) is 0 Å². The number of hydrogen-bond donors (Lipinski definition) is 2. The van der Waals surface area contributed by atoms with Crippen LogP contribution in [0.15, 0.2) is 29.5 Å². The van der Waals surface area contributed by atoms with E-state index in [0.29, 0.717) is 38.5 Å². The molecule has 1 aromatic rings. The second-order valence-electron chi connectivity index (χ2n) is 6.21. The Balaban J connectivity index is 2.00. The summed E-state index contributed by atoms with van der Waals surface area (Å²) >= 11 is 0. The van der Waals surface area contributed by atoms with Crippen molar-refractivity contribution < 1.29 is 27.8 Å². The van der Waals surface area contributed by atoms with Crippen molar-refractivity contribution in [3.63, 3.8) is 0 Å². The number of morpholine rings is 1. The number of amides is 2. The minimum absolute atomic E-state index is 0.144. The zero-order chi connectivity index (χ0) is 19.4. The summed E-state index contributed by atoms with van der Waals surface area (Å²) in [6.07, 6.45) is 0. The van der Waals surface area contributed by atoms with Crippen LogP contribution in [-0.4, -0.2) is 56.4 Å². The predicted molar refractivity (Wildman–Crippen MR) is 91.7 cm³/mol. The molecule has 0 unspecified atom stereocenters. The van der Waals surface area contributed by atoms with E-state index in [1.54, 1.807) is 6.92 Å². The molecule has 2 heterocycles. The third kappa shape index (κ3) is 4.42. The molecule has 27 heavy (non-hydrogen) atoms. The highest BCUT2D eigenvalue weighted by Gasteiger charge is 2.34. The SMILES string of the molecule is CCOC(=O)C1=C(CN2CCOCC2)NC(=O)N[C@@H]1c1ccc(F)c(F)c1. The molecule has 146 valence electrons. The lowest BCUT2D eigenvalue weighted by molar-refractivity contribution is -0.139. The van der Waals surface area contributed by atoms with Crippen LogP contribution in [0.1, 0.15) is 18.5 Å². The van der Waals surface area contributed by atoms with Gasteiger partial charge >= 0.3 is 12.0 Å². The van der Waals surface area contributed by atoms with Gasteiger partial charge in [-0.25, -0.2) is 18.4 Å². The number of esters is 1. The van der Waals surface area contributed by atoms with Gasteiger partial charge in [-0.2, -0.15) is 0 Å². The lowest BCUT2D eigenvalue weighted by Crippen LogP contribution is -2.49. The lowest BCUT2D eigenvalue weighted by atomic mass is 9.94. The molecule has 0 saturated carbocycles. The number of hydrogen-bond acceptors (Lipinski definition) is 5. The van der Waals surface area contributed by atoms with Crippen LogP contribution in [0.25, 0.3) is 0 Å². The summed E-state index contributed by atoms with van der Waals surface area (Å²) in [4.78, 5) is 26.8. The van der Waals surface area contributed by atoms with Crippen LogP contribution in [0.5, 0.6) is 0 Å². The number of halogens is 2. The van der Waals surface area contributed by atoms with E-state index in [1.165, 1.54) is 6.07 Å². The number of benzene rings is 1. The Kier molecular flexibility index (Phi) is 6.02. The third-order valence-electron chi connectivity index (χ3n) is 4.41. The highest BCUT2D eigenvalue weighted by atomic mass is 19.2. The van der Waals surface area contributed by atoms with Gasteiger partial charge in [0.15, 0.2) is 11.6 Å². The molecule has 2 amide bonds. The fourth-order valence-electron chi connectivity index (χ4n) is 3.12. The Morgan fingerprint density at radius 1 is 1.30 bits per heavy atom. The van der Waals surface area contributed by atoms with Gasteiger partial charge in [0, 0.05) is 25.3 Å². The molecule has 0 radical (unpaired) electrons. The molecule has 2 aliphatic rings. The molecule has 2 aliphatic heterocycles. The molecule has 0 spiro atoms. The Labute approximate surface area is 155 Å². The molecule has 1 aromatic carbocycles. The van der Waals surface area contributed by atoms with Crippen molar-refractivity contribution in [3.05, 3.63) is 46.7 Å². The maximum absolute atomic E-state index is 13.7. The van der Waals surface area contributed by atoms with E-state index in [4.69, 9.17) is 9.47 Å². The molecule has 9 heteroatoms. The molecular formula is C18H21F2N3O4. The Bertz CT molecular complexity index is 763. The van der Waals surface area contributed by atoms with E-state index in [9.17, 15) is 18.4 Å². The van der Waals surface area contributed by atoms with Crippen molar-refractivity contribution in [1.82, 2.24) is 15.5 Å². The number of ether oxygens (including phenoxy) is 2. The smallest absolute Gasteiger partial charge is 0.338 e. The molecule has 0 bridgehead atoms. The minimum atomic E-state index is -1.06. The normalized spacial score (nSPS) is 20.9. The second-order valence-corrected chi connectivity index (χ2v) is 6.21. The number of carbonyl (C=O) groups is 2. The first-order valence-corrected chi connectivity index (χ1v) is 8.72. The summed E-state index contributed by atoms with van der Waals surface area (Å²) in [6, 6.07) is 1.80. The zero-order valence-electron chi connectivity index (χ0n) is 14.9. The number of rotatable bonds is 5. The van der Waals surface area contributed by atoms with E-state index >= 15 is 0 Å². The lowest BCUT2D eigenvalue weighted by Gasteiger charge is -2.33. The van der Waals surface area contributed by atoms with Gasteiger partial charge in [0.2, 0.25) is 0 Å². The van der Waals surface area contributed by atoms with Crippen molar-refractivity contribution >= 4 is 12.0 Å². The standard InChI is InChI=1S/C18H21F2N3O4/c1-2-27-17(24)15-14(10-23-5-7-26-8-6-23)21-18(25)22-16(15)11-3-4-12(19)13(20)9-11/h3-4,9,16H,2,5-8,10H2,1H3,(H2,21,22,25)/t16-/m1/s1. The highest BCUT2D eigenvalue weighted by molar-refractivity contribution is 5.95. The van der Waals surface area contributed by atoms with Crippen LogP contribution < -0.4 is 10.6 Å². The number of nitrogens with zero attached hydrogens (tertiary/aromatic N) is 1. The fourth-order valence-corrected chi connectivity index (χ4v) is 3.12. The maximum Gasteiger partial charge on any atom is 0.338 e. The third-order valence-corrected chi connectivity index (χ3v) is 4.41. The molecule has 1 atom stereocenters. The average molecular weight is 381 g/mol. The minimum Gasteiger partial charge on any atom is -0.463 e. The number of carbonyl (C=O) groups excluding carboxylic acids is 2. The van der Waals surface area contributed by atoms with E-state index in [0.717, 1.165) is 12.1 Å². The van der Waals surface area contributed by atoms with Crippen LogP contribution in [0.2, 0.25) is 0 Å². The number of urea groups is 1. The molecule has 3 rings (SSSR count). The summed E-state index contributed by atoms with van der Waals surface area (Å²) in [5, 5.41) is 5.25. The summed E-state index contributed by atoms with van der Waals surface area (Å²) in [6.45, 7) is 4.54. The van der Waals surface area contributed by atoms with E-state index in [-0.39, 0.29) is 17.7 Å². The van der Waals surface area contributed by atoms with Gasteiger partial charge in [-0.15, -0.1) is 0 Å². The molecule has 7 nitrogen and oxygen atoms in total. The summed E-state index contributed by atoms with van der Waals surface area (Å²) in [5.74, 6) is -2.68. The first-order chi connectivity index (χ1) is 13.0. The Morgan fingerprint density at radius 2 is 2.04 bits per heavy atom. The van der Waals surface area contributed by atoms with Crippen molar-refractivity contribution in [2.45, 2.75) is 13.0 Å². The first-order valence-electron chi connectivity index (χ1n) is 8.72. The van der Waals surface area contributed by atoms with Gasteiger partial charge in [-0.05, 0) is 24.6 Å². The van der Waals surface area contributed by atoms with E-state index < -0.39 is 29.7 Å². The first kappa shape index (κ1) is 19.2. The van der Waals surface area contributed by atoms with Gasteiger partial charge in [-0.1, -0.05) is 6.07 Å². The second kappa shape index (κ2) is 8.45. The molecular weight excluding hydrogens is 360 g/mol. The molecule has 1 fully saturated rings. The number of nitrogens with one attached hydrogen (secondary N) is 2. The zero-order valence-corrected chi connectivity index (χ0v) is 14.9. The molecule has 2 N–H and O–H groups in total. The molecule has 0 aliphatic carbocycles. The van der Waals surface area contributed by atoms with Crippen LogP contribution in [0.3, 0.4) is 0 Å². The maximum atomic E-state index is 13.7. The van der Waals surface area contributed by atoms with Crippen LogP contribution >= 0.6 is 0 Å². The van der Waals surface area contributed by atoms with Crippen LogP contribution in [0.4, 0.5) is 13.6 Å². The topological polar surface area (TPSA) is 79.9 Å². The van der Waals surface area contributed by atoms with Crippen molar-refractivity contribution in [2.75, 3.05) is 39.5 Å². The Morgan fingerprint density at radius 3 is 2.70 bits per heavy atom. The van der Waals surface area contributed by atoms with Crippen LogP contribution in [-0.2, 0) is 14.3 Å². The van der Waals surface area contributed by atoms with Gasteiger partial charge in [0.25, 0.3) is 0 Å². The van der Waals surface area contributed by atoms with E-state index in [2.05, 4.69) is 10.6 Å². The average Bonchev–Trinajstić information content (AvgIpc) is 2.64. The van der Waals surface area contributed by atoms with Gasteiger partial charge in [0.05, 0.1) is 31.4 Å². The van der Waals surface area contributed by atoms with Crippen LogP contribution in [0, 0.1) is 11.6 Å². The quantitative estimate of drug-likeness (QED) is 0.755. The van der Waals surface area contributed by atoms with Gasteiger partial charge in [0.1, 0.15) is 0 Å². The fraction of sp³-hybridized carbons (Fsp3) is 0.444. The van der Waals surface area contributed by atoms with Gasteiger partial charge in [-0.3, -0.25) is 4.90 Å². The summed E-state index contributed by atoms with van der Waals surface area (Å²) in [7, 11) is 0. The molecule has 0 aromatic heterocycles. The van der Waals surface area contributed by atoms with Crippen molar-refractivity contribution in [2.24, 2.45) is 0 Å². The van der Waals surface area contributed by atoms with Gasteiger partial charge < -0.3 is 20.1 Å².